The Morgan fingerprint density at radius 3 is 2.65 bits per heavy atom. The van der Waals surface area contributed by atoms with Crippen molar-refractivity contribution in [3.05, 3.63) is 53.7 Å². The molecule has 0 fully saturated rings. The molecule has 0 N–H and O–H groups in total. The summed E-state index contributed by atoms with van der Waals surface area (Å²) < 4.78 is 11.0. The van der Waals surface area contributed by atoms with E-state index < -0.39 is 5.60 Å². The maximum Gasteiger partial charge on any atom is 0.344 e. The molecule has 1 aliphatic rings. The van der Waals surface area contributed by atoms with Crippen LogP contribution >= 0.6 is 0 Å². The highest BCUT2D eigenvalue weighted by Gasteiger charge is 2.29. The average molecular weight is 354 g/mol. The van der Waals surface area contributed by atoms with Crippen molar-refractivity contribution in [2.24, 2.45) is 0 Å². The number of carbonyl (C=O) groups is 1. The molecule has 1 aromatic carbocycles. The lowest BCUT2D eigenvalue weighted by Crippen LogP contribution is -2.28. The van der Waals surface area contributed by atoms with Crippen molar-refractivity contribution < 1.29 is 14.3 Å². The zero-order chi connectivity index (χ0) is 18.7. The van der Waals surface area contributed by atoms with E-state index >= 15 is 0 Å². The van der Waals surface area contributed by atoms with Gasteiger partial charge in [0.1, 0.15) is 5.60 Å². The summed E-state index contributed by atoms with van der Waals surface area (Å²) >= 11 is 0. The Kier molecular flexibility index (Phi) is 5.16. The number of carbonyl (C=O) groups excluding carboxylic acids is 1. The number of aromatic nitrogens is 1. The van der Waals surface area contributed by atoms with Crippen LogP contribution in [0.5, 0.6) is 5.88 Å². The third-order valence-corrected chi connectivity index (χ3v) is 4.28. The normalized spacial score (nSPS) is 16.3. The molecule has 0 radical (unpaired) electrons. The van der Waals surface area contributed by atoms with Crippen molar-refractivity contribution in [3.63, 3.8) is 0 Å². The van der Waals surface area contributed by atoms with E-state index in [1.165, 1.54) is 5.56 Å². The minimum atomic E-state index is -0.520. The number of esters is 1. The van der Waals surface area contributed by atoms with E-state index in [0.29, 0.717) is 11.9 Å². The third-order valence-electron chi connectivity index (χ3n) is 4.28. The molecule has 0 saturated carbocycles. The van der Waals surface area contributed by atoms with Crippen molar-refractivity contribution >= 4 is 11.7 Å². The Morgan fingerprint density at radius 2 is 1.96 bits per heavy atom. The fourth-order valence-corrected chi connectivity index (χ4v) is 3.21. The van der Waals surface area contributed by atoms with Crippen molar-refractivity contribution in [2.75, 3.05) is 11.5 Å². The average Bonchev–Trinajstić information content (AvgIpc) is 2.89. The van der Waals surface area contributed by atoms with Crippen LogP contribution in [0.1, 0.15) is 38.8 Å². The first-order valence-corrected chi connectivity index (χ1v) is 8.96. The summed E-state index contributed by atoms with van der Waals surface area (Å²) in [5, 5.41) is 0. The maximum absolute atomic E-state index is 11.9. The number of nitrogens with zero attached hydrogens (tertiary/aromatic N) is 2. The SMILES string of the molecule is CC1Cc2c(ccnc2OCC(=O)OC(C)(C)C)N1Cc1ccccc1. The predicted molar refractivity (Wildman–Crippen MR) is 101 cm³/mol. The fourth-order valence-electron chi connectivity index (χ4n) is 3.21. The van der Waals surface area contributed by atoms with Crippen LogP contribution in [0.2, 0.25) is 0 Å². The zero-order valence-corrected chi connectivity index (χ0v) is 15.9. The minimum absolute atomic E-state index is 0.131. The summed E-state index contributed by atoms with van der Waals surface area (Å²) in [6.45, 7) is 8.42. The van der Waals surface area contributed by atoms with Crippen LogP contribution in [0.15, 0.2) is 42.6 Å². The molecule has 1 aliphatic heterocycles. The highest BCUT2D eigenvalue weighted by atomic mass is 16.6. The van der Waals surface area contributed by atoms with Gasteiger partial charge in [0.15, 0.2) is 6.61 Å². The molecule has 3 rings (SSSR count). The Morgan fingerprint density at radius 1 is 1.23 bits per heavy atom. The number of pyridine rings is 1. The molecule has 5 nitrogen and oxygen atoms in total. The smallest absolute Gasteiger partial charge is 0.344 e. The number of benzene rings is 1. The fraction of sp³-hybridized carbons (Fsp3) is 0.429. The summed E-state index contributed by atoms with van der Waals surface area (Å²) in [5.74, 6) is 0.139. The molecule has 2 heterocycles. The van der Waals surface area contributed by atoms with Gasteiger partial charge in [0.05, 0.1) is 0 Å². The van der Waals surface area contributed by atoms with E-state index in [1.807, 2.05) is 32.9 Å². The number of hydrogen-bond acceptors (Lipinski definition) is 5. The van der Waals surface area contributed by atoms with Gasteiger partial charge in [-0.3, -0.25) is 0 Å². The monoisotopic (exact) mass is 354 g/mol. The van der Waals surface area contributed by atoms with Gasteiger partial charge in [-0.2, -0.15) is 0 Å². The van der Waals surface area contributed by atoms with E-state index in [4.69, 9.17) is 9.47 Å². The summed E-state index contributed by atoms with van der Waals surface area (Å²) in [6.07, 6.45) is 2.58. The first-order valence-electron chi connectivity index (χ1n) is 8.96. The Hall–Kier alpha value is -2.56. The first-order chi connectivity index (χ1) is 12.3. The van der Waals surface area contributed by atoms with Crippen molar-refractivity contribution in [2.45, 2.75) is 52.3 Å². The minimum Gasteiger partial charge on any atom is -0.465 e. The lowest BCUT2D eigenvalue weighted by atomic mass is 10.1. The van der Waals surface area contributed by atoms with E-state index in [1.54, 1.807) is 6.20 Å². The van der Waals surface area contributed by atoms with Crippen LogP contribution in [0.25, 0.3) is 0 Å². The molecule has 5 heteroatoms. The molecule has 0 saturated heterocycles. The Balaban J connectivity index is 1.73. The summed E-state index contributed by atoms with van der Waals surface area (Å²) in [4.78, 5) is 18.6. The summed E-state index contributed by atoms with van der Waals surface area (Å²) in [5.41, 5.74) is 2.92. The second kappa shape index (κ2) is 7.36. The molecular formula is C21H26N2O3. The van der Waals surface area contributed by atoms with Crippen molar-refractivity contribution in [3.8, 4) is 5.88 Å². The highest BCUT2D eigenvalue weighted by molar-refractivity contribution is 5.72. The van der Waals surface area contributed by atoms with Crippen molar-refractivity contribution in [1.29, 1.82) is 0 Å². The topological polar surface area (TPSA) is 51.7 Å². The molecule has 0 amide bonds. The maximum atomic E-state index is 11.9. The van der Waals surface area contributed by atoms with Gasteiger partial charge in [-0.1, -0.05) is 30.3 Å². The van der Waals surface area contributed by atoms with Gasteiger partial charge in [0.2, 0.25) is 5.88 Å². The lowest BCUT2D eigenvalue weighted by molar-refractivity contribution is -0.157. The summed E-state index contributed by atoms with van der Waals surface area (Å²) in [6, 6.07) is 12.8. The molecule has 1 aromatic heterocycles. The largest absolute Gasteiger partial charge is 0.465 e. The van der Waals surface area contributed by atoms with E-state index in [9.17, 15) is 4.79 Å². The number of hydrogen-bond donors (Lipinski definition) is 0. The van der Waals surface area contributed by atoms with Gasteiger partial charge in [-0.15, -0.1) is 0 Å². The number of fused-ring (bicyclic) bond motifs is 1. The molecule has 138 valence electrons. The van der Waals surface area contributed by atoms with Crippen LogP contribution < -0.4 is 9.64 Å². The highest BCUT2D eigenvalue weighted by Crippen LogP contribution is 2.37. The molecule has 0 bridgehead atoms. The van der Waals surface area contributed by atoms with Gasteiger partial charge in [0, 0.05) is 30.0 Å². The Bertz CT molecular complexity index is 769. The Labute approximate surface area is 155 Å². The second-order valence-corrected chi connectivity index (χ2v) is 7.66. The molecule has 1 unspecified atom stereocenters. The number of ether oxygens (including phenoxy) is 2. The quantitative estimate of drug-likeness (QED) is 0.766. The lowest BCUT2D eigenvalue weighted by Gasteiger charge is -2.25. The predicted octanol–water partition coefficient (Wildman–Crippen LogP) is 3.75. The zero-order valence-electron chi connectivity index (χ0n) is 15.9. The van der Waals surface area contributed by atoms with E-state index in [2.05, 4.69) is 41.1 Å². The van der Waals surface area contributed by atoms with Gasteiger partial charge in [0.25, 0.3) is 0 Å². The van der Waals surface area contributed by atoms with Crippen LogP contribution in [-0.4, -0.2) is 29.2 Å². The molecule has 1 atom stereocenters. The van der Waals surface area contributed by atoms with Crippen LogP contribution in [0.3, 0.4) is 0 Å². The van der Waals surface area contributed by atoms with Gasteiger partial charge < -0.3 is 14.4 Å². The molecular weight excluding hydrogens is 328 g/mol. The molecule has 0 aliphatic carbocycles. The van der Waals surface area contributed by atoms with Gasteiger partial charge in [-0.25, -0.2) is 9.78 Å². The van der Waals surface area contributed by atoms with E-state index in [0.717, 1.165) is 24.2 Å². The number of rotatable bonds is 5. The second-order valence-electron chi connectivity index (χ2n) is 7.66. The number of anilines is 1. The standard InChI is InChI=1S/C21H26N2O3/c1-15-12-17-18(23(15)13-16-8-6-5-7-9-16)10-11-22-20(17)25-14-19(24)26-21(2,3)4/h5-11,15H,12-14H2,1-4H3. The van der Waals surface area contributed by atoms with Crippen molar-refractivity contribution in [1.82, 2.24) is 4.98 Å². The van der Waals surface area contributed by atoms with Crippen LogP contribution in [0, 0.1) is 0 Å². The van der Waals surface area contributed by atoms with Crippen LogP contribution in [0.4, 0.5) is 5.69 Å². The van der Waals surface area contributed by atoms with Gasteiger partial charge in [-0.05, 0) is 45.7 Å². The molecule has 26 heavy (non-hydrogen) atoms. The third kappa shape index (κ3) is 4.34. The molecule has 2 aromatic rings. The molecule has 0 spiro atoms. The first kappa shape index (κ1) is 18.2. The van der Waals surface area contributed by atoms with E-state index in [-0.39, 0.29) is 12.6 Å². The summed E-state index contributed by atoms with van der Waals surface area (Å²) in [7, 11) is 0. The van der Waals surface area contributed by atoms with Crippen LogP contribution in [-0.2, 0) is 22.5 Å². The van der Waals surface area contributed by atoms with Gasteiger partial charge >= 0.3 is 5.97 Å².